The fourth-order valence-electron chi connectivity index (χ4n) is 4.49. The average molecular weight is 529 g/mol. The molecule has 0 saturated carbocycles. The van der Waals surface area contributed by atoms with Crippen molar-refractivity contribution < 1.29 is 19.3 Å². The molecule has 3 aromatic rings. The standard InChI is InChI=1S/C28H44N6O4/c1-6-22-20-31-34-24(17-25(32-28(22)34)33(8-3)23(7-2)13-15-35)29-18-21-11-12-26(30-19-21)38-16-14-27(36-9-4)37-10-5/h11-12,17,19-20,23,27,29,35H,6-10,13-16,18H2,1-5H3. The van der Waals surface area contributed by atoms with E-state index in [4.69, 9.17) is 19.2 Å². The number of hydrogen-bond donors (Lipinski definition) is 2. The molecule has 0 aromatic carbocycles. The highest BCUT2D eigenvalue weighted by molar-refractivity contribution is 5.61. The molecule has 3 heterocycles. The lowest BCUT2D eigenvalue weighted by atomic mass is 10.1. The van der Waals surface area contributed by atoms with E-state index < -0.39 is 0 Å². The van der Waals surface area contributed by atoms with Gasteiger partial charge in [-0.2, -0.15) is 9.61 Å². The second-order valence-electron chi connectivity index (χ2n) is 8.95. The number of aliphatic hydroxyl groups excluding tert-OH is 1. The molecule has 2 N–H and O–H groups in total. The number of anilines is 2. The Balaban J connectivity index is 1.71. The van der Waals surface area contributed by atoms with E-state index in [2.05, 4.69) is 41.1 Å². The zero-order valence-corrected chi connectivity index (χ0v) is 23.5. The molecule has 0 fully saturated rings. The van der Waals surface area contributed by atoms with Gasteiger partial charge < -0.3 is 29.5 Å². The molecule has 10 nitrogen and oxygen atoms in total. The summed E-state index contributed by atoms with van der Waals surface area (Å²) < 4.78 is 18.8. The van der Waals surface area contributed by atoms with Crippen LogP contribution < -0.4 is 15.0 Å². The highest BCUT2D eigenvalue weighted by atomic mass is 16.7. The van der Waals surface area contributed by atoms with E-state index in [0.29, 0.717) is 45.1 Å². The molecule has 1 atom stereocenters. The maximum atomic E-state index is 9.58. The monoisotopic (exact) mass is 528 g/mol. The molecule has 3 aromatic heterocycles. The number of hydrogen-bond acceptors (Lipinski definition) is 9. The van der Waals surface area contributed by atoms with Crippen molar-refractivity contribution >= 4 is 17.3 Å². The van der Waals surface area contributed by atoms with Gasteiger partial charge in [-0.05, 0) is 45.6 Å². The lowest BCUT2D eigenvalue weighted by Gasteiger charge is -2.31. The van der Waals surface area contributed by atoms with Crippen molar-refractivity contribution in [3.05, 3.63) is 41.7 Å². The number of aryl methyl sites for hydroxylation is 1. The van der Waals surface area contributed by atoms with Crippen LogP contribution in [-0.4, -0.2) is 70.0 Å². The van der Waals surface area contributed by atoms with Gasteiger partial charge in [0.1, 0.15) is 11.6 Å². The third kappa shape index (κ3) is 7.78. The van der Waals surface area contributed by atoms with E-state index in [1.54, 1.807) is 0 Å². The first-order valence-corrected chi connectivity index (χ1v) is 13.9. The summed E-state index contributed by atoms with van der Waals surface area (Å²) in [5.41, 5.74) is 2.97. The van der Waals surface area contributed by atoms with Gasteiger partial charge in [0.25, 0.3) is 0 Å². The normalized spacial score (nSPS) is 12.3. The van der Waals surface area contributed by atoms with Crippen LogP contribution in [0.2, 0.25) is 0 Å². The molecule has 210 valence electrons. The van der Waals surface area contributed by atoms with Crippen LogP contribution in [0, 0.1) is 0 Å². The molecule has 0 amide bonds. The molecule has 0 aliphatic carbocycles. The lowest BCUT2D eigenvalue weighted by molar-refractivity contribution is -0.142. The number of aromatic nitrogens is 4. The molecule has 0 aliphatic rings. The van der Waals surface area contributed by atoms with Crippen LogP contribution in [0.1, 0.15) is 65.0 Å². The van der Waals surface area contributed by atoms with Crippen LogP contribution in [0.3, 0.4) is 0 Å². The van der Waals surface area contributed by atoms with Crippen molar-refractivity contribution in [2.45, 2.75) is 79.2 Å². The molecule has 0 saturated heterocycles. The highest BCUT2D eigenvalue weighted by Crippen LogP contribution is 2.25. The van der Waals surface area contributed by atoms with E-state index in [-0.39, 0.29) is 18.9 Å². The first-order chi connectivity index (χ1) is 18.6. The zero-order valence-electron chi connectivity index (χ0n) is 23.5. The summed E-state index contributed by atoms with van der Waals surface area (Å²) in [6, 6.07) is 6.14. The van der Waals surface area contributed by atoms with Crippen LogP contribution in [0.5, 0.6) is 5.88 Å². The van der Waals surface area contributed by atoms with E-state index in [1.807, 2.05) is 49.0 Å². The Kier molecular flexibility index (Phi) is 12.0. The minimum atomic E-state index is -0.258. The second kappa shape index (κ2) is 15.5. The number of ether oxygens (including phenoxy) is 3. The Labute approximate surface area is 226 Å². The SMILES string of the molecule is CCOC(CCOc1ccc(CNc2cc(N(CC)C(CC)CCO)nc3c(CC)cnn23)cn1)OCC. The number of fused-ring (bicyclic) bond motifs is 1. The molecular formula is C28H44N6O4. The van der Waals surface area contributed by atoms with Gasteiger partial charge in [0.05, 0.1) is 12.8 Å². The summed E-state index contributed by atoms with van der Waals surface area (Å²) in [6.45, 7) is 13.5. The Morgan fingerprint density at radius 1 is 1.05 bits per heavy atom. The van der Waals surface area contributed by atoms with Gasteiger partial charge in [0, 0.05) is 69.3 Å². The first kappa shape index (κ1) is 29.6. The van der Waals surface area contributed by atoms with Crippen LogP contribution in [0.25, 0.3) is 5.65 Å². The quantitative estimate of drug-likeness (QED) is 0.232. The van der Waals surface area contributed by atoms with Crippen LogP contribution in [0.4, 0.5) is 11.6 Å². The second-order valence-corrected chi connectivity index (χ2v) is 8.95. The highest BCUT2D eigenvalue weighted by Gasteiger charge is 2.20. The van der Waals surface area contributed by atoms with Gasteiger partial charge >= 0.3 is 0 Å². The minimum absolute atomic E-state index is 0.154. The molecule has 0 aliphatic heterocycles. The van der Waals surface area contributed by atoms with Crippen molar-refractivity contribution in [1.29, 1.82) is 0 Å². The zero-order chi connectivity index (χ0) is 27.3. The molecule has 10 heteroatoms. The van der Waals surface area contributed by atoms with Gasteiger partial charge in [-0.3, -0.25) is 0 Å². The minimum Gasteiger partial charge on any atom is -0.477 e. The number of aliphatic hydroxyl groups is 1. The summed E-state index contributed by atoms with van der Waals surface area (Å²) in [7, 11) is 0. The number of pyridine rings is 1. The Hall–Kier alpha value is -2.95. The summed E-state index contributed by atoms with van der Waals surface area (Å²) in [5.74, 6) is 2.32. The van der Waals surface area contributed by atoms with Crippen molar-refractivity contribution in [3.63, 3.8) is 0 Å². The number of nitrogens with zero attached hydrogens (tertiary/aromatic N) is 5. The smallest absolute Gasteiger partial charge is 0.213 e. The lowest BCUT2D eigenvalue weighted by Crippen LogP contribution is -2.36. The number of nitrogens with one attached hydrogen (secondary N) is 1. The van der Waals surface area contributed by atoms with E-state index >= 15 is 0 Å². The molecule has 38 heavy (non-hydrogen) atoms. The molecule has 3 rings (SSSR count). The third-order valence-electron chi connectivity index (χ3n) is 6.50. The Morgan fingerprint density at radius 2 is 1.84 bits per heavy atom. The van der Waals surface area contributed by atoms with E-state index in [0.717, 1.165) is 47.8 Å². The maximum absolute atomic E-state index is 9.58. The van der Waals surface area contributed by atoms with Crippen LogP contribution >= 0.6 is 0 Å². The molecule has 1 unspecified atom stereocenters. The van der Waals surface area contributed by atoms with Crippen molar-refractivity contribution in [1.82, 2.24) is 19.6 Å². The van der Waals surface area contributed by atoms with Crippen LogP contribution in [0.15, 0.2) is 30.6 Å². The fourth-order valence-corrected chi connectivity index (χ4v) is 4.49. The van der Waals surface area contributed by atoms with Gasteiger partial charge in [-0.25, -0.2) is 9.97 Å². The molecule has 0 bridgehead atoms. The molecule has 0 spiro atoms. The Morgan fingerprint density at radius 3 is 2.45 bits per heavy atom. The van der Waals surface area contributed by atoms with Gasteiger partial charge in [-0.1, -0.05) is 19.9 Å². The largest absolute Gasteiger partial charge is 0.477 e. The summed E-state index contributed by atoms with van der Waals surface area (Å²) in [4.78, 5) is 11.7. The summed E-state index contributed by atoms with van der Waals surface area (Å²) in [6.07, 6.45) is 6.57. The Bertz CT molecular complexity index is 1080. The van der Waals surface area contributed by atoms with Gasteiger partial charge in [0.2, 0.25) is 5.88 Å². The predicted octanol–water partition coefficient (Wildman–Crippen LogP) is 4.45. The maximum Gasteiger partial charge on any atom is 0.213 e. The summed E-state index contributed by atoms with van der Waals surface area (Å²) >= 11 is 0. The topological polar surface area (TPSA) is 106 Å². The van der Waals surface area contributed by atoms with Crippen molar-refractivity contribution in [2.75, 3.05) is 43.2 Å². The van der Waals surface area contributed by atoms with Crippen molar-refractivity contribution in [2.24, 2.45) is 0 Å². The van der Waals surface area contributed by atoms with Gasteiger partial charge in [-0.15, -0.1) is 0 Å². The first-order valence-electron chi connectivity index (χ1n) is 13.9. The third-order valence-corrected chi connectivity index (χ3v) is 6.50. The summed E-state index contributed by atoms with van der Waals surface area (Å²) in [5, 5.41) is 17.7. The van der Waals surface area contributed by atoms with E-state index in [9.17, 15) is 5.11 Å². The van der Waals surface area contributed by atoms with Crippen LogP contribution in [-0.2, 0) is 22.4 Å². The number of rotatable bonds is 18. The van der Waals surface area contributed by atoms with Gasteiger partial charge in [0.15, 0.2) is 11.9 Å². The predicted molar refractivity (Wildman–Crippen MR) is 150 cm³/mol. The molecule has 0 radical (unpaired) electrons. The molecular weight excluding hydrogens is 484 g/mol. The van der Waals surface area contributed by atoms with E-state index in [1.165, 1.54) is 0 Å². The fraction of sp³-hybridized carbons (Fsp3) is 0.607. The average Bonchev–Trinajstić information content (AvgIpc) is 3.36. The van der Waals surface area contributed by atoms with Crippen molar-refractivity contribution in [3.8, 4) is 5.88 Å².